The first-order valence-corrected chi connectivity index (χ1v) is 8.20. The lowest BCUT2D eigenvalue weighted by molar-refractivity contribution is 0.593. The minimum Gasteiger partial charge on any atom is -0.228 e. The van der Waals surface area contributed by atoms with E-state index in [4.69, 9.17) is 0 Å². The van der Waals surface area contributed by atoms with Crippen molar-refractivity contribution >= 4 is 9.84 Å². The van der Waals surface area contributed by atoms with Gasteiger partial charge in [-0.05, 0) is 47.0 Å². The summed E-state index contributed by atoms with van der Waals surface area (Å²) in [6.45, 7) is 8.16. The molecule has 0 fully saturated rings. The molecule has 18 heavy (non-hydrogen) atoms. The summed E-state index contributed by atoms with van der Waals surface area (Å²) in [5.74, 6) is 0.238. The van der Waals surface area contributed by atoms with Crippen molar-refractivity contribution in [3.05, 3.63) is 34.9 Å². The van der Waals surface area contributed by atoms with Crippen LogP contribution in [0, 0.1) is 0 Å². The molecule has 0 aromatic heterocycles. The van der Waals surface area contributed by atoms with E-state index in [-0.39, 0.29) is 11.0 Å². The highest BCUT2D eigenvalue weighted by Crippen LogP contribution is 2.22. The second-order valence-corrected chi connectivity index (χ2v) is 7.68. The van der Waals surface area contributed by atoms with Gasteiger partial charge in [-0.25, -0.2) is 8.42 Å². The molecule has 0 spiro atoms. The first kappa shape index (κ1) is 15.2. The number of rotatable bonds is 5. The van der Waals surface area contributed by atoms with Gasteiger partial charge >= 0.3 is 0 Å². The molecule has 0 bridgehead atoms. The van der Waals surface area contributed by atoms with E-state index in [9.17, 15) is 8.42 Å². The molecule has 0 saturated heterocycles. The van der Waals surface area contributed by atoms with Crippen molar-refractivity contribution in [2.24, 2.45) is 0 Å². The van der Waals surface area contributed by atoms with Gasteiger partial charge in [0.1, 0.15) is 0 Å². The Morgan fingerprint density at radius 2 is 2.00 bits per heavy atom. The van der Waals surface area contributed by atoms with E-state index in [1.54, 1.807) is 0 Å². The predicted octanol–water partition coefficient (Wildman–Crippen LogP) is 3.81. The van der Waals surface area contributed by atoms with Gasteiger partial charge in [-0.1, -0.05) is 34.9 Å². The first-order chi connectivity index (χ1) is 8.31. The molecule has 2 nitrogen and oxygen atoms in total. The maximum atomic E-state index is 11.8. The fraction of sp³-hybridized carbons (Fsp3) is 0.600. The zero-order valence-corrected chi connectivity index (χ0v) is 12.7. The third kappa shape index (κ3) is 4.81. The molecule has 1 rings (SSSR count). The normalized spacial score (nSPS) is 22.8. The number of allylic oxidation sites excluding steroid dienone is 4. The van der Waals surface area contributed by atoms with Crippen molar-refractivity contribution < 1.29 is 8.42 Å². The van der Waals surface area contributed by atoms with E-state index in [1.165, 1.54) is 11.1 Å². The molecular weight excluding hydrogens is 244 g/mol. The highest BCUT2D eigenvalue weighted by atomic mass is 32.2. The molecule has 102 valence electrons. The molecular formula is C15H24O2S. The smallest absolute Gasteiger partial charge is 0.160 e. The quantitative estimate of drug-likeness (QED) is 0.710. The molecule has 1 heterocycles. The maximum absolute atomic E-state index is 11.8. The van der Waals surface area contributed by atoms with Gasteiger partial charge in [0.15, 0.2) is 9.84 Å². The molecule has 0 aromatic carbocycles. The molecule has 1 atom stereocenters. The van der Waals surface area contributed by atoms with Crippen LogP contribution in [0.4, 0.5) is 0 Å². The van der Waals surface area contributed by atoms with Gasteiger partial charge in [-0.2, -0.15) is 0 Å². The van der Waals surface area contributed by atoms with Gasteiger partial charge in [0, 0.05) is 0 Å². The Kier molecular flexibility index (Phi) is 5.39. The van der Waals surface area contributed by atoms with Gasteiger partial charge < -0.3 is 0 Å². The summed E-state index contributed by atoms with van der Waals surface area (Å²) in [7, 11) is -2.91. The minimum absolute atomic E-state index is 0.238. The van der Waals surface area contributed by atoms with Gasteiger partial charge in [0.05, 0.1) is 11.0 Å². The average molecular weight is 268 g/mol. The second-order valence-electron chi connectivity index (χ2n) is 5.46. The fourth-order valence-corrected chi connectivity index (χ4v) is 3.89. The first-order valence-electron chi connectivity index (χ1n) is 6.49. The predicted molar refractivity (Wildman–Crippen MR) is 78.4 cm³/mol. The van der Waals surface area contributed by atoms with Crippen molar-refractivity contribution in [1.82, 2.24) is 0 Å². The van der Waals surface area contributed by atoms with Crippen LogP contribution in [0.15, 0.2) is 34.9 Å². The van der Waals surface area contributed by atoms with Crippen LogP contribution in [0.1, 0.15) is 47.0 Å². The molecule has 3 heteroatoms. The molecule has 1 unspecified atom stereocenters. The summed E-state index contributed by atoms with van der Waals surface area (Å²) in [6, 6.07) is 0. The number of hydrogen-bond donors (Lipinski definition) is 0. The van der Waals surface area contributed by atoms with Crippen LogP contribution in [-0.2, 0) is 9.84 Å². The van der Waals surface area contributed by atoms with Crippen molar-refractivity contribution in [3.8, 4) is 0 Å². The van der Waals surface area contributed by atoms with Crippen LogP contribution in [0.5, 0.6) is 0 Å². The Bertz CT molecular complexity index is 475. The van der Waals surface area contributed by atoms with Gasteiger partial charge in [0.2, 0.25) is 0 Å². The Labute approximate surface area is 111 Å². The lowest BCUT2D eigenvalue weighted by Crippen LogP contribution is -2.15. The summed E-state index contributed by atoms with van der Waals surface area (Å²) in [5.41, 5.74) is 3.59. The third-order valence-corrected chi connectivity index (χ3v) is 5.26. The lowest BCUT2D eigenvalue weighted by atomic mass is 10.1. The topological polar surface area (TPSA) is 34.1 Å². The molecule has 0 aliphatic carbocycles. The van der Waals surface area contributed by atoms with Gasteiger partial charge in [-0.15, -0.1) is 0 Å². The Hall–Kier alpha value is -0.830. The number of sulfone groups is 1. The van der Waals surface area contributed by atoms with E-state index < -0.39 is 9.84 Å². The molecule has 0 aromatic rings. The fourth-order valence-electron chi connectivity index (χ4n) is 2.12. The van der Waals surface area contributed by atoms with Crippen molar-refractivity contribution in [3.63, 3.8) is 0 Å². The van der Waals surface area contributed by atoms with Gasteiger partial charge in [0.25, 0.3) is 0 Å². The highest BCUT2D eigenvalue weighted by Gasteiger charge is 2.28. The highest BCUT2D eigenvalue weighted by molar-refractivity contribution is 7.92. The molecule has 1 aliphatic heterocycles. The maximum Gasteiger partial charge on any atom is 0.160 e. The number of hydrogen-bond acceptors (Lipinski definition) is 2. The average Bonchev–Trinajstić information content (AvgIpc) is 2.48. The SMILES string of the molecule is CC(C)=CCC/C(C)=C/CC1C=C(C)CS1(=O)=O. The van der Waals surface area contributed by atoms with E-state index in [0.29, 0.717) is 6.42 Å². The second kappa shape index (κ2) is 6.37. The summed E-state index contributed by atoms with van der Waals surface area (Å²) >= 11 is 0. The molecule has 0 radical (unpaired) electrons. The molecule has 0 N–H and O–H groups in total. The van der Waals surface area contributed by atoms with Crippen molar-refractivity contribution in [1.29, 1.82) is 0 Å². The molecule has 1 aliphatic rings. The monoisotopic (exact) mass is 268 g/mol. The van der Waals surface area contributed by atoms with Crippen LogP contribution in [0.3, 0.4) is 0 Å². The summed E-state index contributed by atoms with van der Waals surface area (Å²) in [6.07, 6.45) is 8.87. The molecule has 0 saturated carbocycles. The largest absolute Gasteiger partial charge is 0.228 e. The van der Waals surface area contributed by atoms with E-state index in [1.807, 2.05) is 13.0 Å². The lowest BCUT2D eigenvalue weighted by Gasteiger charge is -2.05. The van der Waals surface area contributed by atoms with Crippen LogP contribution in [-0.4, -0.2) is 19.4 Å². The molecule has 0 amide bonds. The Morgan fingerprint density at radius 1 is 1.33 bits per heavy atom. The van der Waals surface area contributed by atoms with Crippen molar-refractivity contribution in [2.75, 3.05) is 5.75 Å². The zero-order chi connectivity index (χ0) is 13.8. The standard InChI is InChI=1S/C15H24O2S/c1-12(2)6-5-7-13(3)8-9-15-10-14(4)11-18(15,16)17/h6,8,10,15H,5,7,9,11H2,1-4H3/b13-8+. The van der Waals surface area contributed by atoms with Gasteiger partial charge in [-0.3, -0.25) is 0 Å². The van der Waals surface area contributed by atoms with E-state index in [0.717, 1.165) is 18.4 Å². The van der Waals surface area contributed by atoms with Crippen molar-refractivity contribution in [2.45, 2.75) is 52.2 Å². The third-order valence-electron chi connectivity index (χ3n) is 3.15. The Balaban J connectivity index is 2.51. The van der Waals surface area contributed by atoms with Crippen LogP contribution in [0.2, 0.25) is 0 Å². The summed E-state index contributed by atoms with van der Waals surface area (Å²) in [5, 5.41) is -0.295. The summed E-state index contributed by atoms with van der Waals surface area (Å²) < 4.78 is 23.6. The van der Waals surface area contributed by atoms with E-state index in [2.05, 4.69) is 32.9 Å². The van der Waals surface area contributed by atoms with Crippen LogP contribution < -0.4 is 0 Å². The summed E-state index contributed by atoms with van der Waals surface area (Å²) in [4.78, 5) is 0. The minimum atomic E-state index is -2.91. The van der Waals surface area contributed by atoms with Crippen LogP contribution in [0.25, 0.3) is 0 Å². The Morgan fingerprint density at radius 3 is 2.50 bits per heavy atom. The zero-order valence-electron chi connectivity index (χ0n) is 11.9. The van der Waals surface area contributed by atoms with Crippen LogP contribution >= 0.6 is 0 Å². The van der Waals surface area contributed by atoms with E-state index >= 15 is 0 Å².